The second-order valence-electron chi connectivity index (χ2n) is 5.72. The normalized spacial score (nSPS) is 14.5. The lowest BCUT2D eigenvalue weighted by atomic mass is 9.88. The van der Waals surface area contributed by atoms with Gasteiger partial charge < -0.3 is 0 Å². The Balaban J connectivity index is 0.00000106. The molecule has 1 fully saturated rings. The van der Waals surface area contributed by atoms with E-state index in [0.717, 1.165) is 18.8 Å². The average molecular weight is 284 g/mol. The summed E-state index contributed by atoms with van der Waals surface area (Å²) in [6.45, 7) is 17.1. The topological polar surface area (TPSA) is 0 Å². The van der Waals surface area contributed by atoms with Gasteiger partial charge in [0, 0.05) is 0 Å². The van der Waals surface area contributed by atoms with E-state index in [2.05, 4.69) is 46.4 Å². The zero-order chi connectivity index (χ0) is 16.0. The molecule has 0 spiro atoms. The van der Waals surface area contributed by atoms with Gasteiger partial charge in [-0.2, -0.15) is 0 Å². The lowest BCUT2D eigenvalue weighted by Crippen LogP contribution is -2.00. The van der Waals surface area contributed by atoms with Gasteiger partial charge in [0.05, 0.1) is 0 Å². The van der Waals surface area contributed by atoms with E-state index in [4.69, 9.17) is 0 Å². The first-order chi connectivity index (χ1) is 10.1. The second kappa shape index (κ2) is 8.22. The van der Waals surface area contributed by atoms with E-state index in [-0.39, 0.29) is 0 Å². The Labute approximate surface area is 132 Å². The number of rotatable bonds is 5. The Morgan fingerprint density at radius 2 is 1.86 bits per heavy atom. The van der Waals surface area contributed by atoms with Gasteiger partial charge in [-0.3, -0.25) is 0 Å². The van der Waals surface area contributed by atoms with Crippen LogP contribution in [0.3, 0.4) is 0 Å². The van der Waals surface area contributed by atoms with E-state index in [1.54, 1.807) is 0 Å². The van der Waals surface area contributed by atoms with Gasteiger partial charge in [-0.1, -0.05) is 58.1 Å². The lowest BCUT2D eigenvalue weighted by molar-refractivity contribution is 1.00. The molecule has 0 heterocycles. The summed E-state index contributed by atoms with van der Waals surface area (Å²) in [5.74, 6) is 0.841. The van der Waals surface area contributed by atoms with Gasteiger partial charge in [0.2, 0.25) is 0 Å². The first-order valence-electron chi connectivity index (χ1n) is 8.58. The zero-order valence-electron chi connectivity index (χ0n) is 14.8. The van der Waals surface area contributed by atoms with Crippen LogP contribution < -0.4 is 0 Å². The zero-order valence-corrected chi connectivity index (χ0v) is 14.8. The highest BCUT2D eigenvalue weighted by Crippen LogP contribution is 2.38. The molecular formula is C21H32. The predicted octanol–water partition coefficient (Wildman–Crippen LogP) is 6.60. The molecule has 116 valence electrons. The van der Waals surface area contributed by atoms with Gasteiger partial charge in [0.25, 0.3) is 0 Å². The van der Waals surface area contributed by atoms with Gasteiger partial charge in [0.15, 0.2) is 0 Å². The average Bonchev–Trinajstić information content (AvgIpc) is 3.35. The van der Waals surface area contributed by atoms with E-state index in [9.17, 15) is 0 Å². The molecule has 0 atom stereocenters. The summed E-state index contributed by atoms with van der Waals surface area (Å²) in [6.07, 6.45) is 9.39. The van der Waals surface area contributed by atoms with Crippen LogP contribution in [0.5, 0.6) is 0 Å². The molecule has 0 nitrogen and oxygen atoms in total. The van der Waals surface area contributed by atoms with Gasteiger partial charge >= 0.3 is 0 Å². The second-order valence-corrected chi connectivity index (χ2v) is 5.72. The van der Waals surface area contributed by atoms with Crippen LogP contribution in [0.4, 0.5) is 0 Å². The standard InChI is InChI=1S/C19H26.C2H6/c1-6-15-12-16(7-2)19(14(5)18(15)8-3)11-13(4)17-9-10-17;1-2/h7,11-12,17H,2,6,8-10H2,1,3-5H3;1-2H3/b13-11+;. The third kappa shape index (κ3) is 4.09. The summed E-state index contributed by atoms with van der Waals surface area (Å²) < 4.78 is 0. The highest BCUT2D eigenvalue weighted by molar-refractivity contribution is 5.71. The first-order valence-corrected chi connectivity index (χ1v) is 8.58. The maximum absolute atomic E-state index is 4.00. The number of benzene rings is 1. The Bertz CT molecular complexity index is 513. The SMILES string of the molecule is C=Cc1cc(CC)c(CC)c(C)c1/C=C(\C)C1CC1.CC. The van der Waals surface area contributed by atoms with Gasteiger partial charge in [-0.25, -0.2) is 0 Å². The van der Waals surface area contributed by atoms with Crippen molar-refractivity contribution in [2.24, 2.45) is 5.92 Å². The lowest BCUT2D eigenvalue weighted by Gasteiger charge is -2.16. The summed E-state index contributed by atoms with van der Waals surface area (Å²) >= 11 is 0. The summed E-state index contributed by atoms with van der Waals surface area (Å²) in [6, 6.07) is 2.34. The van der Waals surface area contributed by atoms with Crippen LogP contribution in [0.2, 0.25) is 0 Å². The van der Waals surface area contributed by atoms with Crippen LogP contribution in [-0.4, -0.2) is 0 Å². The first kappa shape index (κ1) is 17.8. The van der Waals surface area contributed by atoms with Crippen LogP contribution in [0, 0.1) is 12.8 Å². The largest absolute Gasteiger partial charge is 0.0984 e. The van der Waals surface area contributed by atoms with Gasteiger partial charge in [-0.15, -0.1) is 0 Å². The maximum Gasteiger partial charge on any atom is -0.0152 e. The molecule has 0 N–H and O–H groups in total. The number of allylic oxidation sites excluding steroid dienone is 1. The van der Waals surface area contributed by atoms with Crippen molar-refractivity contribution in [2.45, 2.75) is 67.2 Å². The van der Waals surface area contributed by atoms with Crippen LogP contribution >= 0.6 is 0 Å². The molecule has 0 bridgehead atoms. The highest BCUT2D eigenvalue weighted by atomic mass is 14.3. The van der Waals surface area contributed by atoms with E-state index in [1.807, 2.05) is 19.9 Å². The molecule has 2 rings (SSSR count). The minimum atomic E-state index is 0.841. The van der Waals surface area contributed by atoms with E-state index < -0.39 is 0 Å². The smallest absolute Gasteiger partial charge is 0.0152 e. The molecule has 1 aliphatic carbocycles. The van der Waals surface area contributed by atoms with Crippen molar-refractivity contribution in [3.8, 4) is 0 Å². The summed E-state index contributed by atoms with van der Waals surface area (Å²) in [5, 5.41) is 0. The van der Waals surface area contributed by atoms with Crippen LogP contribution in [0.15, 0.2) is 18.2 Å². The quantitative estimate of drug-likeness (QED) is 0.571. The summed E-state index contributed by atoms with van der Waals surface area (Å²) in [5.41, 5.74) is 8.70. The van der Waals surface area contributed by atoms with Crippen molar-refractivity contribution in [2.75, 3.05) is 0 Å². The molecule has 0 saturated heterocycles. The fourth-order valence-electron chi connectivity index (χ4n) is 3.02. The minimum Gasteiger partial charge on any atom is -0.0984 e. The Kier molecular flexibility index (Phi) is 6.95. The summed E-state index contributed by atoms with van der Waals surface area (Å²) in [4.78, 5) is 0. The fraction of sp³-hybridized carbons (Fsp3) is 0.524. The summed E-state index contributed by atoms with van der Waals surface area (Å²) in [7, 11) is 0. The molecule has 0 unspecified atom stereocenters. The third-order valence-corrected chi connectivity index (χ3v) is 4.43. The minimum absolute atomic E-state index is 0.841. The number of aryl methyl sites for hydroxylation is 1. The van der Waals surface area contributed by atoms with E-state index in [0.29, 0.717) is 0 Å². The molecule has 1 aliphatic rings. The van der Waals surface area contributed by atoms with E-state index >= 15 is 0 Å². The molecule has 1 aromatic carbocycles. The number of hydrogen-bond acceptors (Lipinski definition) is 0. The predicted molar refractivity (Wildman–Crippen MR) is 97.7 cm³/mol. The maximum atomic E-state index is 4.00. The molecule has 0 radical (unpaired) electrons. The van der Waals surface area contributed by atoms with Crippen molar-refractivity contribution >= 4 is 12.2 Å². The van der Waals surface area contributed by atoms with Crippen LogP contribution in [0.1, 0.15) is 75.3 Å². The molecule has 0 amide bonds. The Morgan fingerprint density at radius 3 is 2.29 bits per heavy atom. The molecule has 0 heteroatoms. The molecular weight excluding hydrogens is 252 g/mol. The van der Waals surface area contributed by atoms with Crippen molar-refractivity contribution < 1.29 is 0 Å². The van der Waals surface area contributed by atoms with E-state index in [1.165, 1.54) is 46.2 Å². The highest BCUT2D eigenvalue weighted by Gasteiger charge is 2.23. The molecule has 1 saturated carbocycles. The third-order valence-electron chi connectivity index (χ3n) is 4.43. The number of hydrogen-bond donors (Lipinski definition) is 0. The fourth-order valence-corrected chi connectivity index (χ4v) is 3.02. The molecule has 1 aromatic rings. The van der Waals surface area contributed by atoms with Gasteiger partial charge in [-0.05, 0) is 73.3 Å². The Morgan fingerprint density at radius 1 is 1.24 bits per heavy atom. The Hall–Kier alpha value is -1.30. The molecule has 21 heavy (non-hydrogen) atoms. The van der Waals surface area contributed by atoms with Crippen molar-refractivity contribution in [3.63, 3.8) is 0 Å². The van der Waals surface area contributed by atoms with Gasteiger partial charge in [0.1, 0.15) is 0 Å². The van der Waals surface area contributed by atoms with Crippen molar-refractivity contribution in [3.05, 3.63) is 46.0 Å². The van der Waals surface area contributed by atoms with Crippen LogP contribution in [0.25, 0.3) is 12.2 Å². The monoisotopic (exact) mass is 284 g/mol. The van der Waals surface area contributed by atoms with Crippen molar-refractivity contribution in [1.29, 1.82) is 0 Å². The van der Waals surface area contributed by atoms with Crippen LogP contribution in [-0.2, 0) is 12.8 Å². The van der Waals surface area contributed by atoms with Crippen molar-refractivity contribution in [1.82, 2.24) is 0 Å². The molecule has 0 aliphatic heterocycles. The molecule has 0 aromatic heterocycles.